The summed E-state index contributed by atoms with van der Waals surface area (Å²) in [5, 5.41) is 26.0. The Morgan fingerprint density at radius 3 is 2.61 bits per heavy atom. The van der Waals surface area contributed by atoms with Gasteiger partial charge in [0.05, 0.1) is 34.5 Å². The van der Waals surface area contributed by atoms with E-state index in [9.17, 15) is 14.9 Å². The van der Waals surface area contributed by atoms with Gasteiger partial charge in [-0.05, 0) is 77.1 Å². The van der Waals surface area contributed by atoms with Crippen LogP contribution in [0.4, 0.5) is 16.3 Å². The molecule has 1 N–H and O–H groups in total. The Morgan fingerprint density at radius 1 is 1.09 bits per heavy atom. The maximum Gasteiger partial charge on any atom is 0.410 e. The molecule has 13 nitrogen and oxygen atoms in total. The van der Waals surface area contributed by atoms with E-state index in [0.717, 1.165) is 28.1 Å². The van der Waals surface area contributed by atoms with Crippen LogP contribution in [0.3, 0.4) is 0 Å². The van der Waals surface area contributed by atoms with Crippen molar-refractivity contribution in [1.82, 2.24) is 39.4 Å². The van der Waals surface area contributed by atoms with Crippen molar-refractivity contribution in [3.8, 4) is 17.7 Å². The zero-order valence-corrected chi connectivity index (χ0v) is 25.0. The van der Waals surface area contributed by atoms with Gasteiger partial charge in [-0.1, -0.05) is 0 Å². The fourth-order valence-electron chi connectivity index (χ4n) is 5.06. The highest BCUT2D eigenvalue weighted by Gasteiger charge is 2.32. The molecule has 0 fully saturated rings. The maximum absolute atomic E-state index is 12.8. The molecule has 0 aliphatic carbocycles. The van der Waals surface area contributed by atoms with Gasteiger partial charge >= 0.3 is 6.09 Å². The lowest BCUT2D eigenvalue weighted by molar-refractivity contribution is 0.0223. The number of ether oxygens (including phenoxy) is 1. The van der Waals surface area contributed by atoms with Gasteiger partial charge < -0.3 is 15.0 Å². The standard InChI is InChI=1S/C31H30N10O3/c1-18-6-10-27(37-36-18)34-20-7-9-23-26(14-20)40(17-33-23)28-11-8-21(19(2)42)29(35-28)41-25-12-13-39(30(43)44-31(3,4)5)16-22(25)24(15-32)38-41/h6-11,14,17H,12-13,16H2,1-5H3,(H,34,37). The molecular formula is C31H30N10O3. The monoisotopic (exact) mass is 590 g/mol. The topological polar surface area (TPSA) is 157 Å². The molecule has 0 atom stereocenters. The number of nitrogens with zero attached hydrogens (tertiary/aromatic N) is 9. The fraction of sp³-hybridized carbons (Fsp3) is 0.290. The Bertz CT molecular complexity index is 1960. The van der Waals surface area contributed by atoms with E-state index in [-0.39, 0.29) is 18.0 Å². The molecule has 0 unspecified atom stereocenters. The lowest BCUT2D eigenvalue weighted by Gasteiger charge is -2.30. The predicted molar refractivity (Wildman–Crippen MR) is 161 cm³/mol. The number of aryl methyl sites for hydroxylation is 1. The average Bonchev–Trinajstić information content (AvgIpc) is 3.58. The third-order valence-electron chi connectivity index (χ3n) is 7.12. The fourth-order valence-corrected chi connectivity index (χ4v) is 5.06. The molecule has 6 rings (SSSR count). The van der Waals surface area contributed by atoms with Crippen LogP contribution in [0.25, 0.3) is 22.7 Å². The van der Waals surface area contributed by atoms with Crippen LogP contribution >= 0.6 is 0 Å². The lowest BCUT2D eigenvalue weighted by Crippen LogP contribution is -2.40. The summed E-state index contributed by atoms with van der Waals surface area (Å²) in [6.45, 7) is 9.28. The van der Waals surface area contributed by atoms with Crippen LogP contribution in [0, 0.1) is 18.3 Å². The number of rotatable bonds is 5. The Morgan fingerprint density at radius 2 is 1.91 bits per heavy atom. The summed E-state index contributed by atoms with van der Waals surface area (Å²) in [6.07, 6.45) is 1.61. The first kappa shape index (κ1) is 28.5. The number of anilines is 2. The molecule has 13 heteroatoms. The third kappa shape index (κ3) is 5.45. The number of aromatic nitrogens is 7. The summed E-state index contributed by atoms with van der Waals surface area (Å²) in [5.41, 5.74) is 4.31. The zero-order valence-electron chi connectivity index (χ0n) is 25.0. The number of nitrogens with one attached hydrogen (secondary N) is 1. The molecule has 1 amide bonds. The molecule has 0 spiro atoms. The lowest BCUT2D eigenvalue weighted by atomic mass is 10.1. The van der Waals surface area contributed by atoms with Crippen molar-refractivity contribution in [3.63, 3.8) is 0 Å². The summed E-state index contributed by atoms with van der Waals surface area (Å²) in [6, 6.07) is 15.0. The number of fused-ring (bicyclic) bond motifs is 2. The number of carbonyl (C=O) groups excluding carboxylic acids is 2. The van der Waals surface area contributed by atoms with Crippen molar-refractivity contribution in [3.05, 3.63) is 77.0 Å². The van der Waals surface area contributed by atoms with Crippen molar-refractivity contribution in [2.75, 3.05) is 11.9 Å². The van der Waals surface area contributed by atoms with Gasteiger partial charge in [0, 0.05) is 24.2 Å². The van der Waals surface area contributed by atoms with Crippen LogP contribution in [0.1, 0.15) is 60.7 Å². The maximum atomic E-state index is 12.8. The quantitative estimate of drug-likeness (QED) is 0.282. The molecule has 0 bridgehead atoms. The van der Waals surface area contributed by atoms with Gasteiger partial charge in [0.15, 0.2) is 23.1 Å². The average molecular weight is 591 g/mol. The highest BCUT2D eigenvalue weighted by Crippen LogP contribution is 2.29. The van der Waals surface area contributed by atoms with Crippen LogP contribution in [0.2, 0.25) is 0 Å². The molecule has 44 heavy (non-hydrogen) atoms. The van der Waals surface area contributed by atoms with Crippen molar-refractivity contribution < 1.29 is 14.3 Å². The number of hydrogen-bond acceptors (Lipinski definition) is 10. The minimum absolute atomic E-state index is 0.162. The first-order chi connectivity index (χ1) is 21.0. The van der Waals surface area contributed by atoms with Crippen molar-refractivity contribution in [2.24, 2.45) is 0 Å². The summed E-state index contributed by atoms with van der Waals surface area (Å²) in [4.78, 5) is 36.5. The molecule has 0 saturated carbocycles. The number of nitriles is 1. The van der Waals surface area contributed by atoms with Crippen molar-refractivity contribution in [1.29, 1.82) is 5.26 Å². The van der Waals surface area contributed by atoms with Crippen LogP contribution in [-0.2, 0) is 17.7 Å². The highest BCUT2D eigenvalue weighted by atomic mass is 16.6. The Kier molecular flexibility index (Phi) is 7.05. The SMILES string of the molecule is CC(=O)c1ccc(-n2cnc3ccc(Nc4ccc(C)nn4)cc32)nc1-n1nc(C#N)c2c1CCN(C(=O)OC(C)(C)C)C2. The largest absolute Gasteiger partial charge is 0.444 e. The van der Waals surface area contributed by atoms with Gasteiger partial charge in [-0.2, -0.15) is 15.5 Å². The molecule has 4 aromatic heterocycles. The smallest absolute Gasteiger partial charge is 0.410 e. The van der Waals surface area contributed by atoms with Gasteiger partial charge in [0.2, 0.25) is 0 Å². The number of pyridine rings is 1. The van der Waals surface area contributed by atoms with Crippen LogP contribution in [-0.4, -0.2) is 63.4 Å². The second-order valence-electron chi connectivity index (χ2n) is 11.5. The second-order valence-corrected chi connectivity index (χ2v) is 11.5. The number of carbonyl (C=O) groups is 2. The number of amides is 1. The summed E-state index contributed by atoms with van der Waals surface area (Å²) in [5.74, 6) is 1.21. The van der Waals surface area contributed by atoms with Gasteiger partial charge in [0.25, 0.3) is 0 Å². The van der Waals surface area contributed by atoms with E-state index in [1.165, 1.54) is 6.92 Å². The third-order valence-corrected chi connectivity index (χ3v) is 7.12. The molecule has 0 saturated heterocycles. The zero-order chi connectivity index (χ0) is 31.2. The number of Topliss-reactive ketones (excluding diaryl/α,β-unsaturated/α-hetero) is 1. The summed E-state index contributed by atoms with van der Waals surface area (Å²) >= 11 is 0. The van der Waals surface area contributed by atoms with Crippen LogP contribution in [0.15, 0.2) is 48.8 Å². The normalized spacial score (nSPS) is 13.0. The summed E-state index contributed by atoms with van der Waals surface area (Å²) < 4.78 is 8.92. The van der Waals surface area contributed by atoms with Crippen molar-refractivity contribution >= 4 is 34.4 Å². The first-order valence-corrected chi connectivity index (χ1v) is 14.1. The minimum Gasteiger partial charge on any atom is -0.444 e. The predicted octanol–water partition coefficient (Wildman–Crippen LogP) is 4.82. The van der Waals surface area contributed by atoms with E-state index in [1.54, 1.807) is 48.8 Å². The van der Waals surface area contributed by atoms with Crippen LogP contribution in [0.5, 0.6) is 0 Å². The van der Waals surface area contributed by atoms with E-state index in [4.69, 9.17) is 9.72 Å². The molecule has 5 aromatic rings. The van der Waals surface area contributed by atoms with E-state index in [2.05, 4.69) is 31.7 Å². The number of benzene rings is 1. The molecule has 5 heterocycles. The summed E-state index contributed by atoms with van der Waals surface area (Å²) in [7, 11) is 0. The van der Waals surface area contributed by atoms with Gasteiger partial charge in [-0.3, -0.25) is 9.36 Å². The van der Waals surface area contributed by atoms with E-state index in [1.807, 2.05) is 41.8 Å². The molecule has 222 valence electrons. The Labute approximate surface area is 253 Å². The highest BCUT2D eigenvalue weighted by molar-refractivity contribution is 5.97. The van der Waals surface area contributed by atoms with Gasteiger partial charge in [0.1, 0.15) is 23.8 Å². The van der Waals surface area contributed by atoms with E-state index in [0.29, 0.717) is 41.5 Å². The molecule has 1 aliphatic rings. The second kappa shape index (κ2) is 10.9. The van der Waals surface area contributed by atoms with Crippen LogP contribution < -0.4 is 5.32 Å². The van der Waals surface area contributed by atoms with E-state index < -0.39 is 11.7 Å². The van der Waals surface area contributed by atoms with Gasteiger partial charge in [-0.25, -0.2) is 19.4 Å². The number of hydrogen-bond donors (Lipinski definition) is 1. The molecular weight excluding hydrogens is 560 g/mol. The minimum atomic E-state index is -0.649. The van der Waals surface area contributed by atoms with E-state index >= 15 is 0 Å². The number of imidazole rings is 1. The molecule has 1 aromatic carbocycles. The molecule has 0 radical (unpaired) electrons. The Balaban J connectivity index is 1.39. The number of ketones is 1. The first-order valence-electron chi connectivity index (χ1n) is 14.1. The van der Waals surface area contributed by atoms with Gasteiger partial charge in [-0.15, -0.1) is 5.10 Å². The Hall–Kier alpha value is -5.64. The molecule has 1 aliphatic heterocycles. The van der Waals surface area contributed by atoms with Crippen molar-refractivity contribution in [2.45, 2.75) is 53.2 Å².